The molecule has 0 bridgehead atoms. The first-order valence-corrected chi connectivity index (χ1v) is 8.72. The van der Waals surface area contributed by atoms with Gasteiger partial charge in [-0.3, -0.25) is 9.59 Å². The molecule has 23 heavy (non-hydrogen) atoms. The van der Waals surface area contributed by atoms with Crippen molar-refractivity contribution in [2.45, 2.75) is 25.4 Å². The fourth-order valence-corrected chi connectivity index (χ4v) is 4.19. The van der Waals surface area contributed by atoms with Crippen LogP contribution in [0, 0.1) is 11.8 Å². The number of aromatic nitrogens is 1. The van der Waals surface area contributed by atoms with Crippen LogP contribution in [0.3, 0.4) is 0 Å². The molecule has 0 spiro atoms. The predicted octanol–water partition coefficient (Wildman–Crippen LogP) is 2.13. The Bertz CT molecular complexity index is 607. The third-order valence-electron chi connectivity index (χ3n) is 4.94. The van der Waals surface area contributed by atoms with E-state index in [1.807, 2.05) is 28.8 Å². The molecule has 2 aliphatic rings. The zero-order valence-corrected chi connectivity index (χ0v) is 14.7. The molecule has 0 aliphatic carbocycles. The molecule has 1 amide bonds. The molecule has 2 saturated heterocycles. The first kappa shape index (κ1) is 16.5. The van der Waals surface area contributed by atoms with Crippen LogP contribution in [0.4, 0.5) is 0 Å². The molecular weight excluding hydrogens is 364 g/mol. The summed E-state index contributed by atoms with van der Waals surface area (Å²) < 4.78 is 8.38. The molecular formula is C16H21BrN2O4. The normalized spacial score (nSPS) is 25.7. The maximum Gasteiger partial charge on any atom is 0.309 e. The summed E-state index contributed by atoms with van der Waals surface area (Å²) in [6, 6.07) is 1.83. The molecule has 1 aromatic rings. The van der Waals surface area contributed by atoms with E-state index in [4.69, 9.17) is 4.74 Å². The molecule has 1 aromatic heterocycles. The lowest BCUT2D eigenvalue weighted by Gasteiger charge is -2.35. The molecule has 0 saturated carbocycles. The zero-order valence-electron chi connectivity index (χ0n) is 13.1. The van der Waals surface area contributed by atoms with Crippen LogP contribution in [-0.2, 0) is 16.6 Å². The fourth-order valence-electron chi connectivity index (χ4n) is 3.67. The van der Waals surface area contributed by atoms with Gasteiger partial charge in [0, 0.05) is 37.4 Å². The van der Waals surface area contributed by atoms with Gasteiger partial charge in [0.25, 0.3) is 5.91 Å². The number of hydrogen-bond donors (Lipinski definition) is 1. The van der Waals surface area contributed by atoms with Crippen LogP contribution >= 0.6 is 15.9 Å². The van der Waals surface area contributed by atoms with Gasteiger partial charge in [-0.1, -0.05) is 0 Å². The number of aliphatic carboxylic acids is 1. The maximum absolute atomic E-state index is 12.6. The van der Waals surface area contributed by atoms with Gasteiger partial charge in [0.05, 0.1) is 12.0 Å². The number of nitrogens with zero attached hydrogens (tertiary/aromatic N) is 2. The molecule has 2 fully saturated rings. The predicted molar refractivity (Wildman–Crippen MR) is 87.2 cm³/mol. The molecule has 126 valence electrons. The molecule has 1 N–H and O–H groups in total. The van der Waals surface area contributed by atoms with Crippen LogP contribution in [0.2, 0.25) is 0 Å². The lowest BCUT2D eigenvalue weighted by Crippen LogP contribution is -2.43. The molecule has 2 aliphatic heterocycles. The molecule has 0 aromatic carbocycles. The Morgan fingerprint density at radius 1 is 1.30 bits per heavy atom. The number of ether oxygens (including phenoxy) is 1. The number of carboxylic acids is 1. The zero-order chi connectivity index (χ0) is 16.6. The van der Waals surface area contributed by atoms with Crippen molar-refractivity contribution < 1.29 is 19.4 Å². The van der Waals surface area contributed by atoms with Crippen molar-refractivity contribution in [3.8, 4) is 0 Å². The highest BCUT2D eigenvalue weighted by molar-refractivity contribution is 9.10. The van der Waals surface area contributed by atoms with E-state index in [9.17, 15) is 14.7 Å². The lowest BCUT2D eigenvalue weighted by atomic mass is 9.84. The first-order valence-electron chi connectivity index (χ1n) is 7.93. The number of hydrogen-bond acceptors (Lipinski definition) is 3. The monoisotopic (exact) mass is 384 g/mol. The Hall–Kier alpha value is -1.34. The van der Waals surface area contributed by atoms with Crippen LogP contribution in [-0.4, -0.2) is 52.3 Å². The highest BCUT2D eigenvalue weighted by Crippen LogP contribution is 2.33. The lowest BCUT2D eigenvalue weighted by molar-refractivity contribution is -0.145. The molecule has 6 nitrogen and oxygen atoms in total. The summed E-state index contributed by atoms with van der Waals surface area (Å²) in [6.07, 6.45) is 3.85. The first-order chi connectivity index (χ1) is 11.0. The Morgan fingerprint density at radius 3 is 2.57 bits per heavy atom. The van der Waals surface area contributed by atoms with Crippen molar-refractivity contribution in [2.75, 3.05) is 19.7 Å². The molecule has 3 heterocycles. The van der Waals surface area contributed by atoms with E-state index in [1.165, 1.54) is 0 Å². The third-order valence-corrected chi connectivity index (χ3v) is 5.37. The Morgan fingerprint density at radius 2 is 2.00 bits per heavy atom. The van der Waals surface area contributed by atoms with Gasteiger partial charge in [-0.25, -0.2) is 0 Å². The van der Waals surface area contributed by atoms with Crippen LogP contribution in [0.25, 0.3) is 0 Å². The largest absolute Gasteiger partial charge is 0.481 e. The highest BCUT2D eigenvalue weighted by Gasteiger charge is 2.40. The van der Waals surface area contributed by atoms with Gasteiger partial charge in [0.2, 0.25) is 0 Å². The summed E-state index contributed by atoms with van der Waals surface area (Å²) in [7, 11) is 1.86. The summed E-state index contributed by atoms with van der Waals surface area (Å²) >= 11 is 3.39. The molecule has 2 atom stereocenters. The molecule has 1 unspecified atom stereocenters. The number of halogens is 1. The number of amides is 1. The summed E-state index contributed by atoms with van der Waals surface area (Å²) in [5.41, 5.74) is 0.663. The Labute approximate surface area is 143 Å². The second-order valence-corrected chi connectivity index (χ2v) is 7.27. The van der Waals surface area contributed by atoms with E-state index in [2.05, 4.69) is 15.9 Å². The summed E-state index contributed by atoms with van der Waals surface area (Å²) in [6.45, 7) is 1.83. The average Bonchev–Trinajstić information content (AvgIpc) is 3.13. The number of carbonyl (C=O) groups excluding carboxylic acids is 1. The van der Waals surface area contributed by atoms with Crippen LogP contribution in [0.15, 0.2) is 16.7 Å². The summed E-state index contributed by atoms with van der Waals surface area (Å²) in [4.78, 5) is 25.7. The Balaban J connectivity index is 1.61. The van der Waals surface area contributed by atoms with Crippen molar-refractivity contribution in [2.24, 2.45) is 18.9 Å². The van der Waals surface area contributed by atoms with Gasteiger partial charge >= 0.3 is 5.97 Å². The topological polar surface area (TPSA) is 71.8 Å². The summed E-state index contributed by atoms with van der Waals surface area (Å²) in [5, 5.41) is 9.28. The van der Waals surface area contributed by atoms with Crippen molar-refractivity contribution >= 4 is 27.8 Å². The van der Waals surface area contributed by atoms with Crippen molar-refractivity contribution in [1.29, 1.82) is 0 Å². The average molecular weight is 385 g/mol. The molecule has 0 radical (unpaired) electrons. The van der Waals surface area contributed by atoms with Crippen molar-refractivity contribution in [1.82, 2.24) is 9.47 Å². The minimum Gasteiger partial charge on any atom is -0.481 e. The standard InChI is InChI=1S/C16H21BrN2O4/c1-18-9-11(17)8-13(18)15(20)19-5-2-10(3-6-19)14-12(16(21)22)4-7-23-14/h8-10,12,14H,2-7H2,1H3,(H,21,22)/t12?,14-/m0/s1. The van der Waals surface area contributed by atoms with Gasteiger partial charge < -0.3 is 19.3 Å². The second-order valence-electron chi connectivity index (χ2n) is 6.35. The van der Waals surface area contributed by atoms with E-state index in [1.54, 1.807) is 0 Å². The third kappa shape index (κ3) is 3.30. The van der Waals surface area contributed by atoms with Crippen LogP contribution < -0.4 is 0 Å². The number of piperidine rings is 1. The number of likely N-dealkylation sites (tertiary alicyclic amines) is 1. The fraction of sp³-hybridized carbons (Fsp3) is 0.625. The Kier molecular flexibility index (Phi) is 4.77. The number of aryl methyl sites for hydroxylation is 1. The van der Waals surface area contributed by atoms with Crippen molar-refractivity contribution in [3.63, 3.8) is 0 Å². The van der Waals surface area contributed by atoms with Crippen LogP contribution in [0.1, 0.15) is 29.8 Å². The van der Waals surface area contributed by atoms with Gasteiger partial charge in [-0.05, 0) is 47.2 Å². The number of carboxylic acid groups (broad SMARTS) is 1. The summed E-state index contributed by atoms with van der Waals surface area (Å²) in [5.74, 6) is -0.910. The SMILES string of the molecule is Cn1cc(Br)cc1C(=O)N1CCC([C@@H]2OCCC2C(=O)O)CC1. The van der Waals surface area contributed by atoms with E-state index in [-0.39, 0.29) is 17.9 Å². The van der Waals surface area contributed by atoms with Gasteiger partial charge in [0.1, 0.15) is 5.69 Å². The van der Waals surface area contributed by atoms with Gasteiger partial charge in [-0.2, -0.15) is 0 Å². The van der Waals surface area contributed by atoms with E-state index < -0.39 is 11.9 Å². The van der Waals surface area contributed by atoms with E-state index in [0.717, 1.165) is 17.3 Å². The van der Waals surface area contributed by atoms with Gasteiger partial charge in [0.15, 0.2) is 0 Å². The minimum absolute atomic E-state index is 0.0266. The number of carbonyl (C=O) groups is 2. The van der Waals surface area contributed by atoms with E-state index >= 15 is 0 Å². The van der Waals surface area contributed by atoms with Crippen molar-refractivity contribution in [3.05, 3.63) is 22.4 Å². The van der Waals surface area contributed by atoms with Crippen LogP contribution in [0.5, 0.6) is 0 Å². The minimum atomic E-state index is -0.764. The maximum atomic E-state index is 12.6. The van der Waals surface area contributed by atoms with Gasteiger partial charge in [-0.15, -0.1) is 0 Å². The number of rotatable bonds is 3. The smallest absolute Gasteiger partial charge is 0.309 e. The molecule has 3 rings (SSSR count). The van der Waals surface area contributed by atoms with E-state index in [0.29, 0.717) is 31.8 Å². The second kappa shape index (κ2) is 6.65. The molecule has 7 heteroatoms. The highest BCUT2D eigenvalue weighted by atomic mass is 79.9. The quantitative estimate of drug-likeness (QED) is 0.866.